The number of carbonyl (C=O) groups excluding carboxylic acids is 1. The van der Waals surface area contributed by atoms with E-state index >= 15 is 0 Å². The molecule has 0 saturated carbocycles. The van der Waals surface area contributed by atoms with Gasteiger partial charge in [-0.2, -0.15) is 0 Å². The lowest BCUT2D eigenvalue weighted by atomic mass is 9.97. The van der Waals surface area contributed by atoms with Crippen LogP contribution in [-0.4, -0.2) is 34.0 Å². The second-order valence-electron chi connectivity index (χ2n) is 8.12. The van der Waals surface area contributed by atoms with E-state index in [1.54, 1.807) is 29.3 Å². The number of piperidine rings is 1. The SMILES string of the molecule is O=C(c1cc(-c2ccccc2F)no1)N1CCCC(c2ncc(Cc3cccc(Cl)c3)o2)C1. The monoisotopic (exact) mass is 465 g/mol. The number of halogens is 2. The van der Waals surface area contributed by atoms with Gasteiger partial charge in [-0.1, -0.05) is 41.0 Å². The molecule has 2 aromatic heterocycles. The number of benzene rings is 2. The lowest BCUT2D eigenvalue weighted by Crippen LogP contribution is -2.39. The molecule has 1 aliphatic heterocycles. The summed E-state index contributed by atoms with van der Waals surface area (Å²) in [6.07, 6.45) is 4.02. The van der Waals surface area contributed by atoms with Crippen molar-refractivity contribution < 1.29 is 18.1 Å². The molecule has 1 saturated heterocycles. The second kappa shape index (κ2) is 9.19. The van der Waals surface area contributed by atoms with Crippen molar-refractivity contribution in [1.82, 2.24) is 15.0 Å². The molecule has 1 amide bonds. The van der Waals surface area contributed by atoms with Crippen molar-refractivity contribution in [2.75, 3.05) is 13.1 Å². The first-order valence-corrected chi connectivity index (χ1v) is 11.1. The number of nitrogens with zero attached hydrogens (tertiary/aromatic N) is 3. The average molecular weight is 466 g/mol. The first kappa shape index (κ1) is 21.4. The van der Waals surface area contributed by atoms with Crippen LogP contribution in [0.1, 0.15) is 46.5 Å². The summed E-state index contributed by atoms with van der Waals surface area (Å²) >= 11 is 6.06. The summed E-state index contributed by atoms with van der Waals surface area (Å²) in [6.45, 7) is 1.06. The minimum absolute atomic E-state index is 0.00947. The molecule has 6 nitrogen and oxygen atoms in total. The van der Waals surface area contributed by atoms with Gasteiger partial charge in [-0.05, 0) is 42.7 Å². The molecular weight excluding hydrogens is 445 g/mol. The van der Waals surface area contributed by atoms with Gasteiger partial charge in [0.15, 0.2) is 5.89 Å². The summed E-state index contributed by atoms with van der Waals surface area (Å²) in [6, 6.07) is 15.4. The van der Waals surface area contributed by atoms with E-state index in [0.717, 1.165) is 24.2 Å². The predicted molar refractivity (Wildman–Crippen MR) is 121 cm³/mol. The summed E-state index contributed by atoms with van der Waals surface area (Å²) in [7, 11) is 0. The van der Waals surface area contributed by atoms with Crippen molar-refractivity contribution in [3.05, 3.63) is 94.6 Å². The fraction of sp³-hybridized carbons (Fsp3) is 0.240. The molecule has 0 bridgehead atoms. The van der Waals surface area contributed by atoms with E-state index in [2.05, 4.69) is 10.1 Å². The Hall–Kier alpha value is -3.45. The van der Waals surface area contributed by atoms with Gasteiger partial charge in [0, 0.05) is 36.2 Å². The van der Waals surface area contributed by atoms with Gasteiger partial charge in [-0.25, -0.2) is 9.37 Å². The molecule has 1 fully saturated rings. The Balaban J connectivity index is 1.27. The number of hydrogen-bond acceptors (Lipinski definition) is 5. The first-order valence-electron chi connectivity index (χ1n) is 10.8. The van der Waals surface area contributed by atoms with Crippen molar-refractivity contribution >= 4 is 17.5 Å². The fourth-order valence-electron chi connectivity index (χ4n) is 4.13. The summed E-state index contributed by atoms with van der Waals surface area (Å²) in [5.41, 5.74) is 1.63. The number of oxazole rings is 1. The molecule has 1 atom stereocenters. The Labute approximate surface area is 195 Å². The van der Waals surface area contributed by atoms with Crippen LogP contribution >= 0.6 is 11.6 Å². The maximum atomic E-state index is 14.0. The highest BCUT2D eigenvalue weighted by Crippen LogP contribution is 2.29. The van der Waals surface area contributed by atoms with Crippen LogP contribution in [0.2, 0.25) is 5.02 Å². The summed E-state index contributed by atoms with van der Waals surface area (Å²) < 4.78 is 25.3. The first-order chi connectivity index (χ1) is 16.1. The van der Waals surface area contributed by atoms with Gasteiger partial charge in [0.1, 0.15) is 17.3 Å². The Kier molecular flexibility index (Phi) is 5.96. The smallest absolute Gasteiger partial charge is 0.292 e. The van der Waals surface area contributed by atoms with Crippen molar-refractivity contribution in [3.8, 4) is 11.3 Å². The summed E-state index contributed by atoms with van der Waals surface area (Å²) in [4.78, 5) is 19.2. The predicted octanol–water partition coefficient (Wildman–Crippen LogP) is 5.73. The van der Waals surface area contributed by atoms with Gasteiger partial charge in [0.25, 0.3) is 5.91 Å². The molecule has 1 aliphatic rings. The van der Waals surface area contributed by atoms with Gasteiger partial charge in [0.2, 0.25) is 5.76 Å². The van der Waals surface area contributed by atoms with Gasteiger partial charge in [-0.3, -0.25) is 4.79 Å². The molecule has 0 radical (unpaired) electrons. The summed E-state index contributed by atoms with van der Waals surface area (Å²) in [5, 5.41) is 4.57. The number of rotatable bonds is 5. The number of carbonyl (C=O) groups is 1. The topological polar surface area (TPSA) is 72.4 Å². The lowest BCUT2D eigenvalue weighted by Gasteiger charge is -2.30. The van der Waals surface area contributed by atoms with Crippen LogP contribution in [0.25, 0.3) is 11.3 Å². The molecular formula is C25H21ClFN3O3. The average Bonchev–Trinajstić information content (AvgIpc) is 3.49. The van der Waals surface area contributed by atoms with Crippen LogP contribution in [0.5, 0.6) is 0 Å². The molecule has 0 aliphatic carbocycles. The second-order valence-corrected chi connectivity index (χ2v) is 8.55. The molecule has 3 heterocycles. The third-order valence-corrected chi connectivity index (χ3v) is 6.00. The van der Waals surface area contributed by atoms with Crippen LogP contribution in [0.4, 0.5) is 4.39 Å². The fourth-order valence-corrected chi connectivity index (χ4v) is 4.34. The zero-order valence-corrected chi connectivity index (χ0v) is 18.5. The van der Waals surface area contributed by atoms with Gasteiger partial charge >= 0.3 is 0 Å². The van der Waals surface area contributed by atoms with Crippen LogP contribution in [-0.2, 0) is 6.42 Å². The number of hydrogen-bond donors (Lipinski definition) is 0. The Morgan fingerprint density at radius 2 is 2.06 bits per heavy atom. The highest BCUT2D eigenvalue weighted by Gasteiger charge is 2.30. The van der Waals surface area contributed by atoms with Crippen molar-refractivity contribution in [1.29, 1.82) is 0 Å². The Morgan fingerprint density at radius 3 is 2.91 bits per heavy atom. The van der Waals surface area contributed by atoms with Crippen molar-refractivity contribution in [2.45, 2.75) is 25.2 Å². The zero-order valence-electron chi connectivity index (χ0n) is 17.7. The third kappa shape index (κ3) is 4.68. The third-order valence-electron chi connectivity index (χ3n) is 5.77. The van der Waals surface area contributed by atoms with E-state index in [1.807, 2.05) is 24.3 Å². The highest BCUT2D eigenvalue weighted by atomic mass is 35.5. The van der Waals surface area contributed by atoms with E-state index in [1.165, 1.54) is 12.1 Å². The molecule has 4 aromatic rings. The van der Waals surface area contributed by atoms with Gasteiger partial charge in [0.05, 0.1) is 12.1 Å². The van der Waals surface area contributed by atoms with E-state index in [0.29, 0.717) is 41.7 Å². The molecule has 2 aromatic carbocycles. The van der Waals surface area contributed by atoms with E-state index in [9.17, 15) is 9.18 Å². The minimum Gasteiger partial charge on any atom is -0.445 e. The molecule has 1 unspecified atom stereocenters. The number of amides is 1. The van der Waals surface area contributed by atoms with Crippen LogP contribution in [0, 0.1) is 5.82 Å². The molecule has 0 spiro atoms. The number of likely N-dealkylation sites (tertiary alicyclic amines) is 1. The van der Waals surface area contributed by atoms with Crippen LogP contribution < -0.4 is 0 Å². The lowest BCUT2D eigenvalue weighted by molar-refractivity contribution is 0.0656. The maximum absolute atomic E-state index is 14.0. The van der Waals surface area contributed by atoms with E-state index in [-0.39, 0.29) is 17.6 Å². The molecule has 8 heteroatoms. The van der Waals surface area contributed by atoms with E-state index < -0.39 is 5.82 Å². The quantitative estimate of drug-likeness (QED) is 0.376. The molecule has 0 N–H and O–H groups in total. The van der Waals surface area contributed by atoms with Gasteiger partial charge in [-0.15, -0.1) is 0 Å². The van der Waals surface area contributed by atoms with Gasteiger partial charge < -0.3 is 13.8 Å². The zero-order chi connectivity index (χ0) is 22.8. The molecule has 33 heavy (non-hydrogen) atoms. The van der Waals surface area contributed by atoms with Crippen LogP contribution in [0.15, 0.2) is 69.7 Å². The van der Waals surface area contributed by atoms with Crippen molar-refractivity contribution in [3.63, 3.8) is 0 Å². The largest absolute Gasteiger partial charge is 0.445 e. The molecule has 5 rings (SSSR count). The maximum Gasteiger partial charge on any atom is 0.292 e. The minimum atomic E-state index is -0.416. The standard InChI is InChI=1S/C25H21ClFN3O3/c26-18-7-3-5-16(11-18)12-19-14-28-24(32-19)17-6-4-10-30(15-17)25(31)23-13-22(29-33-23)20-8-1-2-9-21(20)27/h1-3,5,7-9,11,13-14,17H,4,6,10,12,15H2. The van der Waals surface area contributed by atoms with Crippen LogP contribution in [0.3, 0.4) is 0 Å². The number of aromatic nitrogens is 2. The Bertz CT molecular complexity index is 1290. The normalized spacial score (nSPS) is 16.2. The Morgan fingerprint density at radius 1 is 1.18 bits per heavy atom. The highest BCUT2D eigenvalue weighted by molar-refractivity contribution is 6.30. The molecule has 168 valence electrons. The van der Waals surface area contributed by atoms with Crippen molar-refractivity contribution in [2.24, 2.45) is 0 Å². The summed E-state index contributed by atoms with van der Waals surface area (Å²) in [5.74, 6) is 0.753. The van der Waals surface area contributed by atoms with E-state index in [4.69, 9.17) is 20.5 Å².